The Kier molecular flexibility index (Phi) is 6.61. The SMILES string of the molecule is COCCCC(NC(=O)Nc1cc(F)ccc1C)C(=O)O. The molecule has 0 aliphatic carbocycles. The van der Waals surface area contributed by atoms with E-state index >= 15 is 0 Å². The molecule has 1 aromatic carbocycles. The van der Waals surface area contributed by atoms with Gasteiger partial charge in [-0.1, -0.05) is 6.07 Å². The molecule has 1 atom stereocenters. The highest BCUT2D eigenvalue weighted by molar-refractivity contribution is 5.92. The van der Waals surface area contributed by atoms with Gasteiger partial charge in [0.2, 0.25) is 0 Å². The highest BCUT2D eigenvalue weighted by atomic mass is 19.1. The predicted molar refractivity (Wildman–Crippen MR) is 75.8 cm³/mol. The first-order chi connectivity index (χ1) is 9.93. The van der Waals surface area contributed by atoms with Crippen LogP contribution in [0.2, 0.25) is 0 Å². The summed E-state index contributed by atoms with van der Waals surface area (Å²) in [6, 6.07) is 2.28. The predicted octanol–water partition coefficient (Wildman–Crippen LogP) is 2.14. The number of rotatable bonds is 7. The second-order valence-corrected chi connectivity index (χ2v) is 4.58. The summed E-state index contributed by atoms with van der Waals surface area (Å²) in [6.45, 7) is 2.12. The van der Waals surface area contributed by atoms with Crippen LogP contribution in [0, 0.1) is 12.7 Å². The Bertz CT molecular complexity index is 508. The molecule has 0 bridgehead atoms. The molecular formula is C14H19FN2O4. The Labute approximate surface area is 122 Å². The lowest BCUT2D eigenvalue weighted by Crippen LogP contribution is -2.43. The average Bonchev–Trinajstić information content (AvgIpc) is 2.42. The lowest BCUT2D eigenvalue weighted by molar-refractivity contribution is -0.139. The van der Waals surface area contributed by atoms with Crippen LogP contribution in [0.3, 0.4) is 0 Å². The molecule has 21 heavy (non-hydrogen) atoms. The molecule has 2 amide bonds. The van der Waals surface area contributed by atoms with E-state index in [1.165, 1.54) is 25.3 Å². The van der Waals surface area contributed by atoms with E-state index in [1.54, 1.807) is 6.92 Å². The molecule has 0 heterocycles. The van der Waals surface area contributed by atoms with Gasteiger partial charge >= 0.3 is 12.0 Å². The lowest BCUT2D eigenvalue weighted by Gasteiger charge is -2.15. The second-order valence-electron chi connectivity index (χ2n) is 4.58. The number of hydrogen-bond acceptors (Lipinski definition) is 3. The first-order valence-corrected chi connectivity index (χ1v) is 6.49. The van der Waals surface area contributed by atoms with Crippen molar-refractivity contribution in [1.82, 2.24) is 5.32 Å². The van der Waals surface area contributed by atoms with Gasteiger partial charge in [0.15, 0.2) is 0 Å². The number of anilines is 1. The molecule has 0 radical (unpaired) electrons. The van der Waals surface area contributed by atoms with Crippen molar-refractivity contribution in [1.29, 1.82) is 0 Å². The number of nitrogens with one attached hydrogen (secondary N) is 2. The van der Waals surface area contributed by atoms with Crippen molar-refractivity contribution in [2.45, 2.75) is 25.8 Å². The average molecular weight is 298 g/mol. The van der Waals surface area contributed by atoms with Crippen molar-refractivity contribution in [3.63, 3.8) is 0 Å². The van der Waals surface area contributed by atoms with E-state index in [9.17, 15) is 14.0 Å². The largest absolute Gasteiger partial charge is 0.480 e. The first kappa shape index (κ1) is 16.9. The molecule has 0 fully saturated rings. The van der Waals surface area contributed by atoms with Gasteiger partial charge in [0.25, 0.3) is 0 Å². The summed E-state index contributed by atoms with van der Waals surface area (Å²) < 4.78 is 18.0. The number of carbonyl (C=O) groups excluding carboxylic acids is 1. The quantitative estimate of drug-likeness (QED) is 0.673. The van der Waals surface area contributed by atoms with Crippen molar-refractivity contribution in [2.24, 2.45) is 0 Å². The first-order valence-electron chi connectivity index (χ1n) is 6.49. The van der Waals surface area contributed by atoms with E-state index < -0.39 is 23.9 Å². The highest BCUT2D eigenvalue weighted by Gasteiger charge is 2.19. The smallest absolute Gasteiger partial charge is 0.326 e. The van der Waals surface area contributed by atoms with Gasteiger partial charge in [0.1, 0.15) is 11.9 Å². The summed E-state index contributed by atoms with van der Waals surface area (Å²) in [5.74, 6) is -1.61. The minimum atomic E-state index is -1.13. The fourth-order valence-electron chi connectivity index (χ4n) is 1.73. The molecule has 1 rings (SSSR count). The number of halogens is 1. The van der Waals surface area contributed by atoms with Crippen LogP contribution in [-0.2, 0) is 9.53 Å². The lowest BCUT2D eigenvalue weighted by atomic mass is 10.1. The minimum absolute atomic E-state index is 0.249. The van der Waals surface area contributed by atoms with E-state index in [-0.39, 0.29) is 6.42 Å². The number of hydrogen-bond donors (Lipinski definition) is 3. The molecule has 7 heteroatoms. The van der Waals surface area contributed by atoms with Crippen molar-refractivity contribution in [2.75, 3.05) is 19.0 Å². The maximum atomic E-state index is 13.1. The number of urea groups is 1. The zero-order valence-electron chi connectivity index (χ0n) is 12.0. The fourth-order valence-corrected chi connectivity index (χ4v) is 1.73. The zero-order valence-corrected chi connectivity index (χ0v) is 12.0. The molecule has 0 aliphatic rings. The van der Waals surface area contributed by atoms with Crippen LogP contribution in [-0.4, -0.2) is 36.9 Å². The molecule has 1 aromatic rings. The summed E-state index contributed by atoms with van der Waals surface area (Å²) in [4.78, 5) is 22.8. The summed E-state index contributed by atoms with van der Waals surface area (Å²) >= 11 is 0. The molecule has 0 saturated heterocycles. The monoisotopic (exact) mass is 298 g/mol. The molecule has 0 aromatic heterocycles. The minimum Gasteiger partial charge on any atom is -0.480 e. The number of methoxy groups -OCH3 is 1. The van der Waals surface area contributed by atoms with E-state index in [1.807, 2.05) is 0 Å². The second kappa shape index (κ2) is 8.21. The van der Waals surface area contributed by atoms with Gasteiger partial charge in [0, 0.05) is 19.4 Å². The zero-order chi connectivity index (χ0) is 15.8. The molecule has 3 N–H and O–H groups in total. The van der Waals surface area contributed by atoms with E-state index in [0.717, 1.165) is 0 Å². The van der Waals surface area contributed by atoms with E-state index in [2.05, 4.69) is 10.6 Å². The number of benzene rings is 1. The van der Waals surface area contributed by atoms with Crippen LogP contribution in [0.25, 0.3) is 0 Å². The topological polar surface area (TPSA) is 87.7 Å². The van der Waals surface area contributed by atoms with Crippen LogP contribution < -0.4 is 10.6 Å². The number of ether oxygens (including phenoxy) is 1. The summed E-state index contributed by atoms with van der Waals surface area (Å²) in [6.07, 6.45) is 0.755. The van der Waals surface area contributed by atoms with Crippen molar-refractivity contribution in [3.8, 4) is 0 Å². The van der Waals surface area contributed by atoms with Crippen LogP contribution in [0.5, 0.6) is 0 Å². The Hall–Kier alpha value is -2.15. The van der Waals surface area contributed by atoms with Crippen molar-refractivity contribution in [3.05, 3.63) is 29.6 Å². The number of carboxylic acids is 1. The standard InChI is InChI=1S/C14H19FN2O4/c1-9-5-6-10(15)8-12(9)17-14(20)16-11(13(18)19)4-3-7-21-2/h5-6,8,11H,3-4,7H2,1-2H3,(H,18,19)(H2,16,17,20). The molecular weight excluding hydrogens is 279 g/mol. The number of aliphatic carboxylic acids is 1. The van der Waals surface area contributed by atoms with Crippen LogP contribution in [0.4, 0.5) is 14.9 Å². The molecule has 6 nitrogen and oxygen atoms in total. The number of carboxylic acid groups (broad SMARTS) is 1. The van der Waals surface area contributed by atoms with E-state index in [0.29, 0.717) is 24.3 Å². The van der Waals surface area contributed by atoms with Gasteiger partial charge in [-0.25, -0.2) is 14.0 Å². The number of aryl methyl sites for hydroxylation is 1. The van der Waals surface area contributed by atoms with Gasteiger partial charge < -0.3 is 20.5 Å². The van der Waals surface area contributed by atoms with Crippen molar-refractivity contribution >= 4 is 17.7 Å². The van der Waals surface area contributed by atoms with Crippen LogP contribution in [0.1, 0.15) is 18.4 Å². The molecule has 0 spiro atoms. The fraction of sp³-hybridized carbons (Fsp3) is 0.429. The molecule has 0 saturated carbocycles. The van der Waals surface area contributed by atoms with Gasteiger partial charge in [-0.05, 0) is 37.5 Å². The Morgan fingerprint density at radius 3 is 2.76 bits per heavy atom. The molecule has 0 aliphatic heterocycles. The Morgan fingerprint density at radius 2 is 2.14 bits per heavy atom. The number of carbonyl (C=O) groups is 2. The Balaban J connectivity index is 2.61. The van der Waals surface area contributed by atoms with Crippen LogP contribution >= 0.6 is 0 Å². The highest BCUT2D eigenvalue weighted by Crippen LogP contribution is 2.15. The summed E-state index contributed by atoms with van der Waals surface area (Å²) in [5.41, 5.74) is 0.978. The third-order valence-electron chi connectivity index (χ3n) is 2.89. The van der Waals surface area contributed by atoms with Gasteiger partial charge in [-0.2, -0.15) is 0 Å². The third kappa shape index (κ3) is 5.78. The van der Waals surface area contributed by atoms with Gasteiger partial charge in [0.05, 0.1) is 0 Å². The summed E-state index contributed by atoms with van der Waals surface area (Å²) in [5, 5.41) is 13.8. The summed E-state index contributed by atoms with van der Waals surface area (Å²) in [7, 11) is 1.52. The van der Waals surface area contributed by atoms with Gasteiger partial charge in [-0.3, -0.25) is 0 Å². The van der Waals surface area contributed by atoms with E-state index in [4.69, 9.17) is 9.84 Å². The van der Waals surface area contributed by atoms with Crippen molar-refractivity contribution < 1.29 is 23.8 Å². The van der Waals surface area contributed by atoms with Crippen LogP contribution in [0.15, 0.2) is 18.2 Å². The van der Waals surface area contributed by atoms with Gasteiger partial charge in [-0.15, -0.1) is 0 Å². The maximum Gasteiger partial charge on any atom is 0.326 e. The molecule has 1 unspecified atom stereocenters. The Morgan fingerprint density at radius 1 is 1.43 bits per heavy atom. The third-order valence-corrected chi connectivity index (χ3v) is 2.89. The molecule has 116 valence electrons. The number of amides is 2. The normalized spacial score (nSPS) is 11.8. The maximum absolute atomic E-state index is 13.1.